The molecule has 4 heterocycles. The highest BCUT2D eigenvalue weighted by atomic mass is 32.1. The van der Waals surface area contributed by atoms with Gasteiger partial charge in [0, 0.05) is 29.7 Å². The van der Waals surface area contributed by atoms with Crippen LogP contribution in [0.25, 0.3) is 22.3 Å². The molecule has 0 amide bonds. The van der Waals surface area contributed by atoms with E-state index in [1.807, 2.05) is 64.7 Å². The Morgan fingerprint density at radius 3 is 2.61 bits per heavy atom. The molecule has 1 fully saturated rings. The van der Waals surface area contributed by atoms with Gasteiger partial charge in [-0.25, -0.2) is 14.6 Å². The van der Waals surface area contributed by atoms with Crippen molar-refractivity contribution >= 4 is 28.2 Å². The molecule has 0 atom stereocenters. The second kappa shape index (κ2) is 9.96. The Kier molecular flexibility index (Phi) is 6.23. The molecule has 36 heavy (non-hydrogen) atoms. The van der Waals surface area contributed by atoms with Crippen LogP contribution in [-0.2, 0) is 11.3 Å². The highest BCUT2D eigenvalue weighted by Gasteiger charge is 2.24. The lowest BCUT2D eigenvalue weighted by atomic mass is 10.1. The van der Waals surface area contributed by atoms with Crippen molar-refractivity contribution in [2.24, 2.45) is 0 Å². The van der Waals surface area contributed by atoms with E-state index in [4.69, 9.17) is 25.0 Å². The Bertz CT molecular complexity index is 1460. The Labute approximate surface area is 212 Å². The molecule has 0 radical (unpaired) electrons. The Morgan fingerprint density at radius 1 is 0.972 bits per heavy atom. The van der Waals surface area contributed by atoms with E-state index < -0.39 is 0 Å². The molecule has 0 saturated carbocycles. The van der Waals surface area contributed by atoms with E-state index in [2.05, 4.69) is 16.0 Å². The molecule has 2 aromatic carbocycles. The minimum Gasteiger partial charge on any atom is -0.488 e. The van der Waals surface area contributed by atoms with Crippen molar-refractivity contribution in [3.8, 4) is 28.5 Å². The zero-order valence-corrected chi connectivity index (χ0v) is 20.4. The molecule has 0 spiro atoms. The molecular weight excluding hydrogens is 474 g/mol. The third kappa shape index (κ3) is 4.62. The summed E-state index contributed by atoms with van der Waals surface area (Å²) in [7, 11) is 0. The van der Waals surface area contributed by atoms with E-state index in [-0.39, 0.29) is 6.04 Å². The van der Waals surface area contributed by atoms with Crippen LogP contribution in [-0.4, -0.2) is 33.0 Å². The molecule has 1 saturated heterocycles. The number of nitrogen functional groups attached to an aromatic ring is 1. The first kappa shape index (κ1) is 22.5. The molecule has 1 aliphatic heterocycles. The van der Waals surface area contributed by atoms with Gasteiger partial charge in [-0.2, -0.15) is 5.10 Å². The summed E-state index contributed by atoms with van der Waals surface area (Å²) in [5.41, 5.74) is 8.72. The van der Waals surface area contributed by atoms with Crippen molar-refractivity contribution in [1.29, 1.82) is 0 Å². The van der Waals surface area contributed by atoms with E-state index in [1.165, 1.54) is 11.2 Å². The predicted molar refractivity (Wildman–Crippen MR) is 139 cm³/mol. The van der Waals surface area contributed by atoms with Gasteiger partial charge in [0.25, 0.3) is 0 Å². The summed E-state index contributed by atoms with van der Waals surface area (Å²) in [4.78, 5) is 9.90. The lowest BCUT2D eigenvalue weighted by molar-refractivity contribution is 0.0674. The van der Waals surface area contributed by atoms with Gasteiger partial charge in [0.1, 0.15) is 41.7 Å². The van der Waals surface area contributed by atoms with Gasteiger partial charge >= 0.3 is 0 Å². The quantitative estimate of drug-likeness (QED) is 0.299. The molecule has 2 N–H and O–H groups in total. The number of benzene rings is 2. The Morgan fingerprint density at radius 2 is 1.81 bits per heavy atom. The van der Waals surface area contributed by atoms with Gasteiger partial charge in [0.05, 0.1) is 11.4 Å². The van der Waals surface area contributed by atoms with Crippen molar-refractivity contribution in [2.45, 2.75) is 25.5 Å². The van der Waals surface area contributed by atoms with E-state index in [0.29, 0.717) is 37.1 Å². The monoisotopic (exact) mass is 499 g/mol. The van der Waals surface area contributed by atoms with Gasteiger partial charge in [-0.15, -0.1) is 11.3 Å². The van der Waals surface area contributed by atoms with Gasteiger partial charge in [-0.3, -0.25) is 0 Å². The number of nitrogens with two attached hydrogens (primary N) is 1. The van der Waals surface area contributed by atoms with Gasteiger partial charge in [0.2, 0.25) is 0 Å². The second-order valence-electron chi connectivity index (χ2n) is 8.56. The number of fused-ring (bicyclic) bond motifs is 1. The van der Waals surface area contributed by atoms with E-state index >= 15 is 0 Å². The molecule has 6 rings (SSSR count). The maximum absolute atomic E-state index is 6.27. The summed E-state index contributed by atoms with van der Waals surface area (Å²) in [6.07, 6.45) is 3.28. The molecule has 3 aromatic heterocycles. The largest absolute Gasteiger partial charge is 0.488 e. The maximum Gasteiger partial charge on any atom is 0.164 e. The number of thiophene rings is 1. The first-order chi connectivity index (χ1) is 17.7. The zero-order chi connectivity index (χ0) is 24.3. The lowest BCUT2D eigenvalue weighted by Crippen LogP contribution is -2.20. The number of hydrogen-bond acceptors (Lipinski definition) is 8. The molecule has 5 aromatic rings. The number of aromatic nitrogens is 4. The van der Waals surface area contributed by atoms with Crippen molar-refractivity contribution in [2.75, 3.05) is 18.9 Å². The van der Waals surface area contributed by atoms with Crippen molar-refractivity contribution in [1.82, 2.24) is 19.7 Å². The highest BCUT2D eigenvalue weighted by Crippen LogP contribution is 2.35. The van der Waals surface area contributed by atoms with Crippen LogP contribution < -0.4 is 15.2 Å². The summed E-state index contributed by atoms with van der Waals surface area (Å²) in [5.74, 6) is 2.61. The molecule has 8 nitrogen and oxygen atoms in total. The first-order valence-corrected chi connectivity index (χ1v) is 12.7. The smallest absolute Gasteiger partial charge is 0.164 e. The first-order valence-electron chi connectivity index (χ1n) is 11.8. The van der Waals surface area contributed by atoms with Gasteiger partial charge < -0.3 is 19.9 Å². The fourth-order valence-corrected chi connectivity index (χ4v) is 4.99. The van der Waals surface area contributed by atoms with Crippen LogP contribution >= 0.6 is 11.3 Å². The molecule has 9 heteroatoms. The Hall–Kier alpha value is -3.95. The highest BCUT2D eigenvalue weighted by molar-refractivity contribution is 7.09. The number of ether oxygens (including phenoxy) is 3. The number of rotatable bonds is 7. The van der Waals surface area contributed by atoms with Crippen molar-refractivity contribution in [3.05, 3.63) is 77.2 Å². The molecule has 1 aliphatic rings. The predicted octanol–water partition coefficient (Wildman–Crippen LogP) is 5.86. The van der Waals surface area contributed by atoms with Gasteiger partial charge in [-0.05, 0) is 60.7 Å². The van der Waals surface area contributed by atoms with Crippen LogP contribution in [0.2, 0.25) is 0 Å². The summed E-state index contributed by atoms with van der Waals surface area (Å²) in [6.45, 7) is 1.97. The fourth-order valence-electron chi connectivity index (χ4n) is 4.38. The van der Waals surface area contributed by atoms with Crippen molar-refractivity contribution in [3.63, 3.8) is 0 Å². The lowest BCUT2D eigenvalue weighted by Gasteiger charge is -2.22. The summed E-state index contributed by atoms with van der Waals surface area (Å²) in [5, 5.41) is 7.75. The topological polar surface area (TPSA) is 97.3 Å². The third-order valence-electron chi connectivity index (χ3n) is 6.18. The SMILES string of the molecule is Nc1ncnc2c1c(-c1ccc(Oc3cccc(OCc4cccs4)c3)cc1)nn2C1CCOCC1. The van der Waals surface area contributed by atoms with Crippen LogP contribution in [0.15, 0.2) is 72.4 Å². The Balaban J connectivity index is 1.23. The zero-order valence-electron chi connectivity index (χ0n) is 19.5. The summed E-state index contributed by atoms with van der Waals surface area (Å²) < 4.78 is 19.5. The standard InChI is InChI=1S/C27H25N5O3S/c28-26-24-25(31-32(27(24)30-17-29-26)19-10-12-33-13-11-19)18-6-8-20(9-7-18)35-22-4-1-3-21(15-22)34-16-23-5-2-14-36-23/h1-9,14-15,17,19H,10-13,16H2,(H2,28,29,30). The average Bonchev–Trinajstić information content (AvgIpc) is 3.58. The number of hydrogen-bond donors (Lipinski definition) is 1. The summed E-state index contributed by atoms with van der Waals surface area (Å²) >= 11 is 1.68. The molecule has 0 aliphatic carbocycles. The van der Waals surface area contributed by atoms with E-state index in [0.717, 1.165) is 40.9 Å². The van der Waals surface area contributed by atoms with Crippen molar-refractivity contribution < 1.29 is 14.2 Å². The number of anilines is 1. The molecule has 0 bridgehead atoms. The maximum atomic E-state index is 6.27. The average molecular weight is 500 g/mol. The molecule has 0 unspecified atom stereocenters. The van der Waals surface area contributed by atoms with E-state index in [1.54, 1.807) is 11.3 Å². The minimum atomic E-state index is 0.223. The van der Waals surface area contributed by atoms with Gasteiger partial charge in [-0.1, -0.05) is 12.1 Å². The minimum absolute atomic E-state index is 0.223. The van der Waals surface area contributed by atoms with Crippen LogP contribution in [0.1, 0.15) is 23.8 Å². The normalized spacial score (nSPS) is 14.2. The van der Waals surface area contributed by atoms with Gasteiger partial charge in [0.15, 0.2) is 5.65 Å². The van der Waals surface area contributed by atoms with Crippen LogP contribution in [0.5, 0.6) is 17.2 Å². The molecular formula is C27H25N5O3S. The number of nitrogens with zero attached hydrogens (tertiary/aromatic N) is 4. The van der Waals surface area contributed by atoms with Crippen LogP contribution in [0, 0.1) is 0 Å². The second-order valence-corrected chi connectivity index (χ2v) is 9.60. The van der Waals surface area contributed by atoms with Crippen LogP contribution in [0.3, 0.4) is 0 Å². The third-order valence-corrected chi connectivity index (χ3v) is 7.03. The van der Waals surface area contributed by atoms with Crippen LogP contribution in [0.4, 0.5) is 5.82 Å². The molecule has 182 valence electrons. The fraction of sp³-hybridized carbons (Fsp3) is 0.222. The van der Waals surface area contributed by atoms with E-state index in [9.17, 15) is 0 Å². The summed E-state index contributed by atoms with van der Waals surface area (Å²) in [6, 6.07) is 19.8.